The Balaban J connectivity index is -0.000000122. The molecule has 0 aliphatic heterocycles. The van der Waals surface area contributed by atoms with Gasteiger partial charge in [-0.1, -0.05) is 50.6 Å². The number of carbonyl (C=O) groups is 8. The zero-order valence-electron chi connectivity index (χ0n) is 19.0. The molecule has 0 aliphatic carbocycles. The molecule has 200 valence electrons. The topological polar surface area (TPSA) is 266 Å². The van der Waals surface area contributed by atoms with Crippen molar-refractivity contribution in [2.24, 2.45) is 0 Å². The second-order valence-corrected chi connectivity index (χ2v) is 4.70. The molecule has 0 aromatic carbocycles. The summed E-state index contributed by atoms with van der Waals surface area (Å²) in [6.45, 7) is 12.4. The van der Waals surface area contributed by atoms with Gasteiger partial charge in [-0.15, -0.1) is 0 Å². The van der Waals surface area contributed by atoms with Crippen LogP contribution in [-0.4, -0.2) is 74.2 Å². The summed E-state index contributed by atoms with van der Waals surface area (Å²) >= 11 is 0. The van der Waals surface area contributed by atoms with Crippen molar-refractivity contribution in [3.8, 4) is 0 Å². The van der Waals surface area contributed by atoms with Gasteiger partial charge in [0, 0.05) is 0 Å². The molecule has 0 saturated carbocycles. The van der Waals surface area contributed by atoms with E-state index in [2.05, 4.69) is 45.3 Å². The van der Waals surface area contributed by atoms with Crippen LogP contribution in [0.15, 0.2) is 50.6 Å². The molecule has 0 aromatic heterocycles. The Morgan fingerprint density at radius 2 is 0.568 bits per heavy atom. The minimum absolute atomic E-state index is 0. The molecule has 0 saturated heterocycles. The molecule has 0 spiro atoms. The maximum atomic E-state index is 9.97. The van der Waals surface area contributed by atoms with Crippen molar-refractivity contribution in [3.63, 3.8) is 0 Å². The van der Waals surface area contributed by atoms with Gasteiger partial charge < -0.3 is 58.6 Å². The number of hydrogen-bond donors (Lipinski definition) is 0. The van der Waals surface area contributed by atoms with E-state index in [0.29, 0.717) is 0 Å². The van der Waals surface area contributed by atoms with Gasteiger partial charge in [0.05, 0.1) is 0 Å². The van der Waals surface area contributed by atoms with E-state index in [-0.39, 0.29) is 48.1 Å². The average Bonchev–Trinajstić information content (AvgIpc) is 2.83. The zero-order valence-corrected chi connectivity index (χ0v) is 20.6. The van der Waals surface area contributed by atoms with Gasteiger partial charge in [-0.25, -0.2) is 19.2 Å². The number of carboxylic acids is 4. The minimum Gasteiger partial charge on any atom is -0.539 e. The molecule has 16 nitrogen and oxygen atoms in total. The first kappa shape index (κ1) is 42.6. The van der Waals surface area contributed by atoms with Crippen LogP contribution in [0.2, 0.25) is 0 Å². The normalized spacial score (nSPS) is 7.78. The number of rotatable bonds is 8. The molecule has 0 heterocycles. The third-order valence-electron chi connectivity index (χ3n) is 2.00. The van der Waals surface area contributed by atoms with Crippen LogP contribution in [0.5, 0.6) is 0 Å². The van der Waals surface area contributed by atoms with Crippen LogP contribution < -0.4 is 20.4 Å². The molecule has 0 aliphatic rings. The largest absolute Gasteiger partial charge is 4.00 e. The van der Waals surface area contributed by atoms with Gasteiger partial charge in [-0.05, 0) is 0 Å². The van der Waals surface area contributed by atoms with Crippen LogP contribution in [0.4, 0.5) is 0 Å². The summed E-state index contributed by atoms with van der Waals surface area (Å²) < 4.78 is 16.1. The fourth-order valence-corrected chi connectivity index (χ4v) is 0.774. The maximum absolute atomic E-state index is 9.97. The van der Waals surface area contributed by atoms with E-state index >= 15 is 0 Å². The summed E-state index contributed by atoms with van der Waals surface area (Å²) in [5.74, 6) is -12.8. The summed E-state index contributed by atoms with van der Waals surface area (Å²) in [4.78, 5) is 78.2. The summed E-state index contributed by atoms with van der Waals surface area (Å²) in [5.41, 5.74) is 0. The molecule has 0 fully saturated rings. The van der Waals surface area contributed by atoms with E-state index in [0.717, 1.165) is 0 Å². The van der Waals surface area contributed by atoms with E-state index in [1.54, 1.807) is 0 Å². The van der Waals surface area contributed by atoms with Crippen molar-refractivity contribution in [2.45, 2.75) is 0 Å². The van der Waals surface area contributed by atoms with Gasteiger partial charge >= 0.3 is 45.6 Å². The second-order valence-electron chi connectivity index (χ2n) is 4.70. The number of carboxylic acid groups (broad SMARTS) is 4. The van der Waals surface area contributed by atoms with Crippen molar-refractivity contribution in [1.29, 1.82) is 0 Å². The Morgan fingerprint density at radius 1 is 0.432 bits per heavy atom. The number of ether oxygens (including phenoxy) is 4. The van der Waals surface area contributed by atoms with Crippen molar-refractivity contribution in [1.82, 2.24) is 0 Å². The molecular formula is C20H20O16Ti. The van der Waals surface area contributed by atoms with Crippen molar-refractivity contribution < 1.29 is 99.4 Å². The monoisotopic (exact) mass is 564 g/mol. The molecule has 0 bridgehead atoms. The Labute approximate surface area is 224 Å². The van der Waals surface area contributed by atoms with E-state index in [1.807, 2.05) is 0 Å². The smallest absolute Gasteiger partial charge is 0.539 e. The van der Waals surface area contributed by atoms with E-state index in [4.69, 9.17) is 0 Å². The molecule has 0 amide bonds. The minimum atomic E-state index is -1.84. The van der Waals surface area contributed by atoms with Gasteiger partial charge in [0.15, 0.2) is 23.9 Å². The third-order valence-corrected chi connectivity index (χ3v) is 2.00. The first-order valence-corrected chi connectivity index (χ1v) is 8.69. The molecule has 37 heavy (non-hydrogen) atoms. The van der Waals surface area contributed by atoms with Crippen molar-refractivity contribution in [3.05, 3.63) is 50.6 Å². The fourth-order valence-electron chi connectivity index (χ4n) is 0.774. The molecule has 0 rings (SSSR count). The van der Waals surface area contributed by atoms with E-state index in [1.165, 1.54) is 24.3 Å². The third kappa shape index (κ3) is 36.2. The standard InChI is InChI=1S/4C5H6O4.Ti/c4*1-2-3-9-5(8)4(6)7;/h4*2H,1,3H2,(H,6,7);/q;;;;+4/p-4. The number of carbonyl (C=O) groups excluding carboxylic acids is 8. The summed E-state index contributed by atoms with van der Waals surface area (Å²) in [6.07, 6.45) is 5.06. The van der Waals surface area contributed by atoms with Crippen LogP contribution >= 0.6 is 0 Å². The predicted octanol–water partition coefficient (Wildman–Crippen LogP) is -6.14. The number of esters is 4. The summed E-state index contributed by atoms with van der Waals surface area (Å²) in [5, 5.41) is 38.3. The van der Waals surface area contributed by atoms with Gasteiger partial charge in [0.1, 0.15) is 26.4 Å². The molecule has 0 N–H and O–H groups in total. The second kappa shape index (κ2) is 29.5. The van der Waals surface area contributed by atoms with Crippen LogP contribution in [0.1, 0.15) is 0 Å². The van der Waals surface area contributed by atoms with Crippen LogP contribution in [-0.2, 0) is 79.0 Å². The Hall–Kier alpha value is -4.57. The molecule has 0 aromatic rings. The first-order chi connectivity index (χ1) is 16.7. The summed E-state index contributed by atoms with van der Waals surface area (Å²) in [6, 6.07) is 0. The molecular weight excluding hydrogens is 544 g/mol. The van der Waals surface area contributed by atoms with E-state index in [9.17, 15) is 58.8 Å². The average molecular weight is 564 g/mol. The van der Waals surface area contributed by atoms with Crippen molar-refractivity contribution in [2.75, 3.05) is 26.4 Å². The fraction of sp³-hybridized carbons (Fsp3) is 0.200. The number of hydrogen-bond acceptors (Lipinski definition) is 16. The molecule has 17 heteroatoms. The Morgan fingerprint density at radius 3 is 0.649 bits per heavy atom. The van der Waals surface area contributed by atoms with Crippen LogP contribution in [0.25, 0.3) is 0 Å². The molecule has 0 unspecified atom stereocenters. The van der Waals surface area contributed by atoms with Crippen LogP contribution in [0, 0.1) is 0 Å². The zero-order chi connectivity index (χ0) is 29.1. The van der Waals surface area contributed by atoms with Gasteiger partial charge in [-0.3, -0.25) is 0 Å². The molecule has 0 radical (unpaired) electrons. The van der Waals surface area contributed by atoms with Gasteiger partial charge in [-0.2, -0.15) is 0 Å². The predicted molar refractivity (Wildman–Crippen MR) is 105 cm³/mol. The van der Waals surface area contributed by atoms with Gasteiger partial charge in [0.2, 0.25) is 0 Å². The van der Waals surface area contributed by atoms with Crippen molar-refractivity contribution >= 4 is 47.8 Å². The number of aliphatic carboxylic acids is 4. The van der Waals surface area contributed by atoms with E-state index < -0.39 is 47.8 Å². The SMILES string of the molecule is C=CCOC(=O)C(=O)[O-].C=CCOC(=O)C(=O)[O-].C=CCOC(=O)C(=O)[O-].C=CCOC(=O)C(=O)[O-].[Ti+4]. The first-order valence-electron chi connectivity index (χ1n) is 8.69. The van der Waals surface area contributed by atoms with Crippen LogP contribution in [0.3, 0.4) is 0 Å². The quantitative estimate of drug-likeness (QED) is 0.0872. The Bertz CT molecular complexity index is 694. The van der Waals surface area contributed by atoms with Gasteiger partial charge in [0.25, 0.3) is 0 Å². The molecule has 0 atom stereocenters. The summed E-state index contributed by atoms with van der Waals surface area (Å²) in [7, 11) is 0. The maximum Gasteiger partial charge on any atom is 4.00 e. The Kier molecular flexibility index (Phi) is 33.9.